The molecule has 33 heavy (non-hydrogen) atoms. The summed E-state index contributed by atoms with van der Waals surface area (Å²) in [4.78, 5) is 33.6. The molecule has 2 fully saturated rings. The van der Waals surface area contributed by atoms with Crippen molar-refractivity contribution in [2.45, 2.75) is 45.9 Å². The molecule has 6 nitrogen and oxygen atoms in total. The lowest BCUT2D eigenvalue weighted by Gasteiger charge is -2.25. The number of aromatic nitrogens is 1. The second kappa shape index (κ2) is 9.03. The number of rotatable bonds is 8. The smallest absolute Gasteiger partial charge is 0.406 e. The second-order valence-electron chi connectivity index (χ2n) is 8.36. The van der Waals surface area contributed by atoms with E-state index in [9.17, 15) is 22.8 Å². The van der Waals surface area contributed by atoms with E-state index in [1.807, 2.05) is 13.8 Å². The monoisotopic (exact) mass is 461 g/mol. The van der Waals surface area contributed by atoms with Crippen molar-refractivity contribution in [3.05, 3.63) is 36.4 Å². The van der Waals surface area contributed by atoms with Gasteiger partial charge in [-0.1, -0.05) is 12.1 Å². The third-order valence-electron chi connectivity index (χ3n) is 5.79. The first-order valence-electron chi connectivity index (χ1n) is 11.2. The van der Waals surface area contributed by atoms with Crippen LogP contribution in [0.1, 0.15) is 39.5 Å². The minimum atomic E-state index is -4.77. The van der Waals surface area contributed by atoms with Gasteiger partial charge in [0.1, 0.15) is 17.4 Å². The van der Waals surface area contributed by atoms with Gasteiger partial charge in [0.15, 0.2) is 0 Å². The molecule has 0 N–H and O–H groups in total. The van der Waals surface area contributed by atoms with Crippen molar-refractivity contribution in [1.29, 1.82) is 0 Å². The minimum absolute atomic E-state index is 0.00130. The summed E-state index contributed by atoms with van der Waals surface area (Å²) in [5.41, 5.74) is 1.27. The summed E-state index contributed by atoms with van der Waals surface area (Å²) in [7, 11) is 0. The average molecular weight is 461 g/mol. The standard InChI is InChI=1S/C24H26F3N3O3/c1-3-29(22(31)16-5-6-16)20-13-18(15-9-11-19(12-10-15)33-24(25,26)27)14-21(28-20)30(4-2)23(32)17-7-8-17/h9-14,16-17H,3-8H2,1-2H3. The predicted octanol–water partition coefficient (Wildman–Crippen LogP) is 5.17. The van der Waals surface area contributed by atoms with Crippen LogP contribution in [-0.2, 0) is 9.59 Å². The zero-order valence-electron chi connectivity index (χ0n) is 18.6. The SMILES string of the molecule is CCN(C(=O)C1CC1)c1cc(-c2ccc(OC(F)(F)F)cc2)cc(N(CC)C(=O)C2CC2)n1. The average Bonchev–Trinajstić information content (AvgIpc) is 3.67. The number of nitrogens with zero attached hydrogens (tertiary/aromatic N) is 3. The van der Waals surface area contributed by atoms with Crippen molar-refractivity contribution < 1.29 is 27.5 Å². The van der Waals surface area contributed by atoms with Gasteiger partial charge in [0.05, 0.1) is 0 Å². The number of hydrogen-bond donors (Lipinski definition) is 0. The normalized spacial score (nSPS) is 15.8. The van der Waals surface area contributed by atoms with Crippen LogP contribution in [-0.4, -0.2) is 36.3 Å². The Hall–Kier alpha value is -3.10. The molecule has 2 saturated carbocycles. The third-order valence-corrected chi connectivity index (χ3v) is 5.79. The fraction of sp³-hybridized carbons (Fsp3) is 0.458. The molecule has 2 amide bonds. The van der Waals surface area contributed by atoms with Gasteiger partial charge in [-0.25, -0.2) is 4.98 Å². The molecule has 1 aromatic carbocycles. The summed E-state index contributed by atoms with van der Waals surface area (Å²) in [6.07, 6.45) is -1.37. The molecule has 1 heterocycles. The first-order chi connectivity index (χ1) is 15.7. The highest BCUT2D eigenvalue weighted by Crippen LogP contribution is 2.37. The Balaban J connectivity index is 1.73. The van der Waals surface area contributed by atoms with Crippen LogP contribution in [0.4, 0.5) is 24.8 Å². The van der Waals surface area contributed by atoms with Crippen LogP contribution in [0.2, 0.25) is 0 Å². The summed E-state index contributed by atoms with van der Waals surface area (Å²) in [5.74, 6) is 0.524. The molecule has 0 unspecified atom stereocenters. The highest BCUT2D eigenvalue weighted by atomic mass is 19.4. The Morgan fingerprint density at radius 3 is 1.70 bits per heavy atom. The van der Waals surface area contributed by atoms with Crippen LogP contribution in [0.3, 0.4) is 0 Å². The predicted molar refractivity (Wildman–Crippen MR) is 118 cm³/mol. The quantitative estimate of drug-likeness (QED) is 0.544. The maximum absolute atomic E-state index is 12.8. The van der Waals surface area contributed by atoms with Crippen LogP contribution in [0.5, 0.6) is 5.75 Å². The number of carbonyl (C=O) groups is 2. The number of hydrogen-bond acceptors (Lipinski definition) is 4. The molecule has 0 radical (unpaired) electrons. The number of anilines is 2. The molecule has 4 rings (SSSR count). The van der Waals surface area contributed by atoms with Crippen molar-refractivity contribution in [3.8, 4) is 16.9 Å². The summed E-state index contributed by atoms with van der Waals surface area (Å²) in [6, 6.07) is 8.99. The molecule has 2 aliphatic carbocycles. The first-order valence-corrected chi connectivity index (χ1v) is 11.2. The van der Waals surface area contributed by atoms with E-state index in [0.29, 0.717) is 35.9 Å². The number of benzene rings is 1. The molecule has 0 atom stereocenters. The second-order valence-corrected chi connectivity index (χ2v) is 8.36. The lowest BCUT2D eigenvalue weighted by atomic mass is 10.1. The Labute approximate surface area is 190 Å². The number of halogens is 3. The van der Waals surface area contributed by atoms with E-state index in [0.717, 1.165) is 25.7 Å². The van der Waals surface area contributed by atoms with Crippen LogP contribution in [0.15, 0.2) is 36.4 Å². The zero-order valence-corrected chi connectivity index (χ0v) is 18.6. The van der Waals surface area contributed by atoms with Crippen molar-refractivity contribution in [2.75, 3.05) is 22.9 Å². The molecule has 2 aliphatic rings. The summed E-state index contributed by atoms with van der Waals surface area (Å²) in [5, 5.41) is 0. The molecule has 0 bridgehead atoms. The van der Waals surface area contributed by atoms with Gasteiger partial charge >= 0.3 is 6.36 Å². The van der Waals surface area contributed by atoms with Gasteiger partial charge in [0.25, 0.3) is 0 Å². The summed E-state index contributed by atoms with van der Waals surface area (Å²) in [6.45, 7) is 4.58. The van der Waals surface area contributed by atoms with Gasteiger partial charge in [-0.2, -0.15) is 0 Å². The van der Waals surface area contributed by atoms with Gasteiger partial charge < -0.3 is 4.74 Å². The Bertz CT molecular complexity index is 981. The molecule has 1 aromatic heterocycles. The van der Waals surface area contributed by atoms with Crippen LogP contribution in [0.25, 0.3) is 11.1 Å². The number of ether oxygens (including phenoxy) is 1. The van der Waals surface area contributed by atoms with Crippen molar-refractivity contribution >= 4 is 23.5 Å². The van der Waals surface area contributed by atoms with E-state index in [1.54, 1.807) is 21.9 Å². The molecule has 9 heteroatoms. The number of pyridine rings is 1. The van der Waals surface area contributed by atoms with Gasteiger partial charge in [0, 0.05) is 24.9 Å². The topological polar surface area (TPSA) is 62.7 Å². The lowest BCUT2D eigenvalue weighted by molar-refractivity contribution is -0.274. The molecule has 2 aromatic rings. The number of alkyl halides is 3. The molecular weight excluding hydrogens is 435 g/mol. The Morgan fingerprint density at radius 1 is 0.879 bits per heavy atom. The van der Waals surface area contributed by atoms with E-state index in [2.05, 4.69) is 9.72 Å². The van der Waals surface area contributed by atoms with Gasteiger partial charge in [-0.05, 0) is 74.9 Å². The van der Waals surface area contributed by atoms with Crippen LogP contribution >= 0.6 is 0 Å². The highest BCUT2D eigenvalue weighted by molar-refractivity contribution is 5.98. The summed E-state index contributed by atoms with van der Waals surface area (Å²) >= 11 is 0. The minimum Gasteiger partial charge on any atom is -0.406 e. The van der Waals surface area contributed by atoms with E-state index < -0.39 is 6.36 Å². The highest BCUT2D eigenvalue weighted by Gasteiger charge is 2.36. The number of amides is 2. The van der Waals surface area contributed by atoms with Gasteiger partial charge in [-0.15, -0.1) is 13.2 Å². The molecular formula is C24H26F3N3O3. The van der Waals surface area contributed by atoms with E-state index in [1.165, 1.54) is 24.3 Å². The number of carbonyl (C=O) groups excluding carboxylic acids is 2. The molecule has 0 aliphatic heterocycles. The van der Waals surface area contributed by atoms with Crippen molar-refractivity contribution in [2.24, 2.45) is 11.8 Å². The maximum atomic E-state index is 12.8. The van der Waals surface area contributed by atoms with Crippen LogP contribution < -0.4 is 14.5 Å². The zero-order chi connectivity index (χ0) is 23.8. The van der Waals surface area contributed by atoms with Crippen molar-refractivity contribution in [1.82, 2.24) is 4.98 Å². The van der Waals surface area contributed by atoms with Gasteiger partial charge in [0.2, 0.25) is 11.8 Å². The fourth-order valence-electron chi connectivity index (χ4n) is 3.76. The van der Waals surface area contributed by atoms with Crippen LogP contribution in [0, 0.1) is 11.8 Å². The molecule has 0 saturated heterocycles. The summed E-state index contributed by atoms with van der Waals surface area (Å²) < 4.78 is 41.5. The van der Waals surface area contributed by atoms with Gasteiger partial charge in [-0.3, -0.25) is 19.4 Å². The van der Waals surface area contributed by atoms with E-state index in [4.69, 9.17) is 0 Å². The van der Waals surface area contributed by atoms with E-state index >= 15 is 0 Å². The third kappa shape index (κ3) is 5.46. The fourth-order valence-corrected chi connectivity index (χ4v) is 3.76. The maximum Gasteiger partial charge on any atom is 0.573 e. The Morgan fingerprint density at radius 2 is 1.33 bits per heavy atom. The lowest BCUT2D eigenvalue weighted by Crippen LogP contribution is -2.35. The molecule has 176 valence electrons. The first kappa shape index (κ1) is 23.1. The molecule has 0 spiro atoms. The largest absolute Gasteiger partial charge is 0.573 e. The van der Waals surface area contributed by atoms with E-state index in [-0.39, 0.29) is 29.4 Å². The van der Waals surface area contributed by atoms with Crippen molar-refractivity contribution in [3.63, 3.8) is 0 Å². The Kier molecular flexibility index (Phi) is 6.32.